The minimum absolute atomic E-state index is 0.0502. The molecule has 1 aromatic heterocycles. The van der Waals surface area contributed by atoms with Crippen LogP contribution in [0.3, 0.4) is 0 Å². The summed E-state index contributed by atoms with van der Waals surface area (Å²) >= 11 is 16.2. The molecule has 1 aliphatic rings. The van der Waals surface area contributed by atoms with Crippen molar-refractivity contribution in [2.24, 2.45) is 4.99 Å². The van der Waals surface area contributed by atoms with Gasteiger partial charge in [0.25, 0.3) is 10.0 Å². The van der Waals surface area contributed by atoms with Crippen molar-refractivity contribution in [3.63, 3.8) is 0 Å². The summed E-state index contributed by atoms with van der Waals surface area (Å²) in [5, 5.41) is 0. The van der Waals surface area contributed by atoms with Crippen molar-refractivity contribution in [2.45, 2.75) is 37.1 Å². The predicted molar refractivity (Wildman–Crippen MR) is 146 cm³/mol. The van der Waals surface area contributed by atoms with Gasteiger partial charge in [0.15, 0.2) is 5.78 Å². The number of thiophene rings is 1. The molecule has 2 aromatic carbocycles. The molecule has 0 atom stereocenters. The summed E-state index contributed by atoms with van der Waals surface area (Å²) in [6.45, 7) is 4.08. The monoisotopic (exact) mass is 614 g/mol. The summed E-state index contributed by atoms with van der Waals surface area (Å²) in [4.78, 5) is 17.8. The fourth-order valence-electron chi connectivity index (χ4n) is 3.92. The summed E-state index contributed by atoms with van der Waals surface area (Å²) in [5.74, 6) is 0.582. The minimum atomic E-state index is -3.98. The quantitative estimate of drug-likeness (QED) is 0.289. The number of ether oxygens (including phenoxy) is 1. The molecule has 6 nitrogen and oxygen atoms in total. The normalized spacial score (nSPS) is 14.7. The molecule has 2 heterocycles. The van der Waals surface area contributed by atoms with Crippen LogP contribution in [0.5, 0.6) is 5.75 Å². The van der Waals surface area contributed by atoms with Gasteiger partial charge in [-0.05, 0) is 78.2 Å². The molecule has 0 saturated carbocycles. The first-order chi connectivity index (χ1) is 16.4. The smallest absolute Gasteiger partial charge is 0.265 e. The van der Waals surface area contributed by atoms with Crippen molar-refractivity contribution in [2.75, 3.05) is 11.8 Å². The summed E-state index contributed by atoms with van der Waals surface area (Å²) < 4.78 is 33.9. The standard InChI is InChI=1S/C24H21BrCl2N2O4S2/c1-24(2)12-14-6-9-16(33-3)10-17(14)18(28-24)11-19(30)13-4-7-15(8-5-13)29-35(31,32)21-20(25)22(26)34-23(21)27/h4-10,29H,11-12H2,1-3H3. The number of benzene rings is 2. The summed E-state index contributed by atoms with van der Waals surface area (Å²) in [5.41, 5.74) is 3.16. The van der Waals surface area contributed by atoms with Crippen molar-refractivity contribution in [3.05, 3.63) is 72.3 Å². The number of halogens is 3. The van der Waals surface area contributed by atoms with E-state index in [4.69, 9.17) is 32.9 Å². The van der Waals surface area contributed by atoms with Crippen LogP contribution in [-0.2, 0) is 16.4 Å². The molecule has 1 aliphatic heterocycles. The number of carbonyl (C=O) groups is 1. The van der Waals surface area contributed by atoms with Gasteiger partial charge >= 0.3 is 0 Å². The molecule has 4 rings (SSSR count). The second-order valence-corrected chi connectivity index (χ2v) is 13.3. The average Bonchev–Trinajstić information content (AvgIpc) is 3.04. The van der Waals surface area contributed by atoms with Gasteiger partial charge in [-0.15, -0.1) is 11.3 Å². The van der Waals surface area contributed by atoms with Crippen LogP contribution in [0.2, 0.25) is 8.67 Å². The van der Waals surface area contributed by atoms with E-state index in [1.54, 1.807) is 19.2 Å². The van der Waals surface area contributed by atoms with Gasteiger partial charge in [0.1, 0.15) is 19.3 Å². The summed E-state index contributed by atoms with van der Waals surface area (Å²) in [7, 11) is -2.38. The zero-order chi connectivity index (χ0) is 25.5. The van der Waals surface area contributed by atoms with Crippen molar-refractivity contribution >= 4 is 77.7 Å². The van der Waals surface area contributed by atoms with Gasteiger partial charge in [0.2, 0.25) is 0 Å². The molecule has 0 unspecified atom stereocenters. The van der Waals surface area contributed by atoms with E-state index in [0.29, 0.717) is 17.0 Å². The highest BCUT2D eigenvalue weighted by atomic mass is 79.9. The van der Waals surface area contributed by atoms with E-state index in [0.717, 1.165) is 28.9 Å². The molecule has 35 heavy (non-hydrogen) atoms. The molecular weight excluding hydrogens is 595 g/mol. The lowest BCUT2D eigenvalue weighted by Gasteiger charge is -2.29. The number of sulfonamides is 1. The highest BCUT2D eigenvalue weighted by molar-refractivity contribution is 9.10. The highest BCUT2D eigenvalue weighted by Crippen LogP contribution is 2.43. The Kier molecular flexibility index (Phi) is 7.37. The maximum absolute atomic E-state index is 13.1. The van der Waals surface area contributed by atoms with E-state index in [9.17, 15) is 13.2 Å². The number of methoxy groups -OCH3 is 1. The lowest BCUT2D eigenvalue weighted by molar-refractivity contribution is 0.100. The Balaban J connectivity index is 1.54. The average molecular weight is 616 g/mol. The number of nitrogens with zero attached hydrogens (tertiary/aromatic N) is 1. The topological polar surface area (TPSA) is 84.8 Å². The van der Waals surface area contributed by atoms with Crippen LogP contribution in [0.4, 0.5) is 5.69 Å². The molecule has 184 valence electrons. The third-order valence-electron chi connectivity index (χ3n) is 5.47. The number of rotatable bonds is 7. The number of ketones is 1. The van der Waals surface area contributed by atoms with Crippen LogP contribution in [-0.4, -0.2) is 32.6 Å². The molecule has 11 heteroatoms. The first kappa shape index (κ1) is 26.2. The van der Waals surface area contributed by atoms with Gasteiger partial charge in [-0.25, -0.2) is 8.42 Å². The molecule has 0 aliphatic carbocycles. The van der Waals surface area contributed by atoms with E-state index in [1.807, 2.05) is 32.0 Å². The van der Waals surface area contributed by atoms with Crippen molar-refractivity contribution in [1.82, 2.24) is 0 Å². The van der Waals surface area contributed by atoms with E-state index >= 15 is 0 Å². The van der Waals surface area contributed by atoms with Crippen molar-refractivity contribution < 1.29 is 17.9 Å². The Morgan fingerprint density at radius 1 is 1.17 bits per heavy atom. The lowest BCUT2D eigenvalue weighted by atomic mass is 9.85. The van der Waals surface area contributed by atoms with E-state index in [-0.39, 0.29) is 41.5 Å². The Hall–Kier alpha value is -1.91. The number of fused-ring (bicyclic) bond motifs is 1. The summed E-state index contributed by atoms with van der Waals surface area (Å²) in [6, 6.07) is 12.1. The molecule has 0 bridgehead atoms. The van der Waals surface area contributed by atoms with Crippen LogP contribution < -0.4 is 9.46 Å². The second kappa shape index (κ2) is 9.86. The molecular formula is C24H21BrCl2N2O4S2. The number of nitrogens with one attached hydrogen (secondary N) is 1. The number of carbonyl (C=O) groups excluding carboxylic acids is 1. The van der Waals surface area contributed by atoms with Gasteiger partial charge < -0.3 is 4.74 Å². The third-order valence-corrected chi connectivity index (χ3v) is 10.3. The van der Waals surface area contributed by atoms with Crippen molar-refractivity contribution in [3.8, 4) is 5.75 Å². The highest BCUT2D eigenvalue weighted by Gasteiger charge is 2.29. The van der Waals surface area contributed by atoms with E-state index in [2.05, 4.69) is 20.7 Å². The fourth-order valence-corrected chi connectivity index (χ4v) is 8.54. The number of hydrogen-bond donors (Lipinski definition) is 1. The summed E-state index contributed by atoms with van der Waals surface area (Å²) in [6.07, 6.45) is 0.888. The van der Waals surface area contributed by atoms with Crippen LogP contribution >= 0.6 is 50.5 Å². The van der Waals surface area contributed by atoms with E-state index < -0.39 is 10.0 Å². The number of anilines is 1. The Morgan fingerprint density at radius 3 is 2.46 bits per heavy atom. The molecule has 1 N–H and O–H groups in total. The van der Waals surface area contributed by atoms with Crippen LogP contribution in [0.1, 0.15) is 41.8 Å². The molecule has 0 radical (unpaired) electrons. The molecule has 0 fully saturated rings. The Labute approximate surface area is 226 Å². The zero-order valence-electron chi connectivity index (χ0n) is 19.0. The predicted octanol–water partition coefficient (Wildman–Crippen LogP) is 7.02. The Morgan fingerprint density at radius 2 is 1.86 bits per heavy atom. The maximum atomic E-state index is 13.1. The number of hydrogen-bond acceptors (Lipinski definition) is 6. The maximum Gasteiger partial charge on any atom is 0.265 e. The van der Waals surface area contributed by atoms with Gasteiger partial charge in [-0.2, -0.15) is 0 Å². The largest absolute Gasteiger partial charge is 0.497 e. The van der Waals surface area contributed by atoms with Gasteiger partial charge in [-0.1, -0.05) is 29.3 Å². The lowest BCUT2D eigenvalue weighted by Crippen LogP contribution is -2.30. The fraction of sp³-hybridized carbons (Fsp3) is 0.250. The minimum Gasteiger partial charge on any atom is -0.497 e. The third kappa shape index (κ3) is 5.59. The SMILES string of the molecule is COc1ccc2c(c1)C(CC(=O)c1ccc(NS(=O)(=O)c3c(Cl)sc(Cl)c3Br)cc1)=NC(C)(C)C2. The number of Topliss-reactive ketones (excluding diaryl/α,β-unsaturated/α-hetero) is 1. The first-order valence-electron chi connectivity index (χ1n) is 10.5. The van der Waals surface area contributed by atoms with Gasteiger partial charge in [0, 0.05) is 16.8 Å². The molecule has 0 spiro atoms. The molecule has 3 aromatic rings. The number of aliphatic imine (C=N–C) groups is 1. The molecule has 0 amide bonds. The Bertz CT molecular complexity index is 1450. The first-order valence-corrected chi connectivity index (χ1v) is 14.3. The zero-order valence-corrected chi connectivity index (χ0v) is 23.7. The van der Waals surface area contributed by atoms with Gasteiger partial charge in [0.05, 0.1) is 29.3 Å². The van der Waals surface area contributed by atoms with Crippen LogP contribution in [0.25, 0.3) is 0 Å². The van der Waals surface area contributed by atoms with Crippen molar-refractivity contribution in [1.29, 1.82) is 0 Å². The van der Waals surface area contributed by atoms with Crippen LogP contribution in [0.15, 0.2) is 56.8 Å². The van der Waals surface area contributed by atoms with Crippen LogP contribution in [0, 0.1) is 0 Å². The van der Waals surface area contributed by atoms with E-state index in [1.165, 1.54) is 12.1 Å². The second-order valence-electron chi connectivity index (χ2n) is 8.65. The van der Waals surface area contributed by atoms with Gasteiger partial charge in [-0.3, -0.25) is 14.5 Å². The molecule has 0 saturated heterocycles.